The van der Waals surface area contributed by atoms with Crippen molar-refractivity contribution in [2.45, 2.75) is 0 Å². The summed E-state index contributed by atoms with van der Waals surface area (Å²) in [4.78, 5) is 37.4. The van der Waals surface area contributed by atoms with Crippen LogP contribution in [0.2, 0.25) is 10.0 Å². The second-order valence-electron chi connectivity index (χ2n) is 5.07. The standard InChI is InChI=1S/C17H11Cl2NO4/c18-10-5-6-14(19)13(9-10)17(23)24-8-7-20-15(21)11-3-1-2-4-12(11)16(20)22/h1-6,9H,7-8H2. The van der Waals surface area contributed by atoms with E-state index in [4.69, 9.17) is 27.9 Å². The third-order valence-electron chi connectivity index (χ3n) is 3.57. The molecule has 0 spiro atoms. The number of fused-ring (bicyclic) bond motifs is 1. The molecule has 0 aliphatic carbocycles. The number of amides is 2. The van der Waals surface area contributed by atoms with E-state index in [0.717, 1.165) is 4.90 Å². The maximum atomic E-state index is 12.2. The van der Waals surface area contributed by atoms with Gasteiger partial charge in [-0.3, -0.25) is 14.5 Å². The van der Waals surface area contributed by atoms with E-state index >= 15 is 0 Å². The summed E-state index contributed by atoms with van der Waals surface area (Å²) >= 11 is 11.8. The lowest BCUT2D eigenvalue weighted by molar-refractivity contribution is 0.0420. The Morgan fingerprint density at radius 3 is 2.25 bits per heavy atom. The van der Waals surface area contributed by atoms with Crippen LogP contribution in [-0.4, -0.2) is 35.8 Å². The molecule has 1 heterocycles. The average molecular weight is 364 g/mol. The Morgan fingerprint density at radius 1 is 1.00 bits per heavy atom. The number of nitrogens with zero attached hydrogens (tertiary/aromatic N) is 1. The van der Waals surface area contributed by atoms with E-state index in [-0.39, 0.29) is 23.7 Å². The third-order valence-corrected chi connectivity index (χ3v) is 4.14. The second-order valence-corrected chi connectivity index (χ2v) is 5.91. The van der Waals surface area contributed by atoms with Gasteiger partial charge in [0, 0.05) is 5.02 Å². The fourth-order valence-corrected chi connectivity index (χ4v) is 2.77. The highest BCUT2D eigenvalue weighted by Crippen LogP contribution is 2.23. The largest absolute Gasteiger partial charge is 0.460 e. The Hall–Kier alpha value is -2.37. The Balaban J connectivity index is 1.63. The van der Waals surface area contributed by atoms with Crippen molar-refractivity contribution in [2.75, 3.05) is 13.2 Å². The molecule has 0 atom stereocenters. The molecule has 0 fully saturated rings. The van der Waals surface area contributed by atoms with Gasteiger partial charge in [-0.1, -0.05) is 35.3 Å². The van der Waals surface area contributed by atoms with Crippen molar-refractivity contribution in [2.24, 2.45) is 0 Å². The molecule has 24 heavy (non-hydrogen) atoms. The maximum absolute atomic E-state index is 12.2. The molecule has 122 valence electrons. The highest BCUT2D eigenvalue weighted by molar-refractivity contribution is 6.35. The molecule has 0 saturated carbocycles. The van der Waals surface area contributed by atoms with Crippen molar-refractivity contribution in [3.8, 4) is 0 Å². The molecule has 0 aromatic heterocycles. The lowest BCUT2D eigenvalue weighted by Crippen LogP contribution is -2.33. The predicted octanol–water partition coefficient (Wildman–Crippen LogP) is 3.45. The van der Waals surface area contributed by atoms with Gasteiger partial charge in [0.2, 0.25) is 0 Å². The van der Waals surface area contributed by atoms with Crippen molar-refractivity contribution < 1.29 is 19.1 Å². The molecule has 0 radical (unpaired) electrons. The lowest BCUT2D eigenvalue weighted by Gasteiger charge is -2.14. The Kier molecular flexibility index (Phi) is 4.55. The molecule has 0 saturated heterocycles. The molecule has 5 nitrogen and oxygen atoms in total. The van der Waals surface area contributed by atoms with E-state index in [9.17, 15) is 14.4 Å². The van der Waals surface area contributed by atoms with Crippen LogP contribution in [-0.2, 0) is 4.74 Å². The van der Waals surface area contributed by atoms with Crippen molar-refractivity contribution >= 4 is 41.0 Å². The van der Waals surface area contributed by atoms with Gasteiger partial charge in [-0.05, 0) is 30.3 Å². The van der Waals surface area contributed by atoms with E-state index in [1.807, 2.05) is 0 Å². The first-order chi connectivity index (χ1) is 11.5. The zero-order valence-electron chi connectivity index (χ0n) is 12.3. The molecule has 7 heteroatoms. The Morgan fingerprint density at radius 2 is 1.62 bits per heavy atom. The SMILES string of the molecule is O=C(OCCN1C(=O)c2ccccc2C1=O)c1cc(Cl)ccc1Cl. The van der Waals surface area contributed by atoms with Crippen LogP contribution in [0.4, 0.5) is 0 Å². The fraction of sp³-hybridized carbons (Fsp3) is 0.118. The van der Waals surface area contributed by atoms with Crippen LogP contribution >= 0.6 is 23.2 Å². The van der Waals surface area contributed by atoms with Gasteiger partial charge in [-0.15, -0.1) is 0 Å². The highest BCUT2D eigenvalue weighted by Gasteiger charge is 2.34. The molecule has 1 aliphatic heterocycles. The first kappa shape index (κ1) is 16.5. The quantitative estimate of drug-likeness (QED) is 0.616. The highest BCUT2D eigenvalue weighted by atomic mass is 35.5. The van der Waals surface area contributed by atoms with Crippen LogP contribution < -0.4 is 0 Å². The predicted molar refractivity (Wildman–Crippen MR) is 88.6 cm³/mol. The number of carbonyl (C=O) groups is 3. The number of hydrogen-bond donors (Lipinski definition) is 0. The minimum atomic E-state index is -0.667. The van der Waals surface area contributed by atoms with Crippen molar-refractivity contribution in [1.29, 1.82) is 0 Å². The molecule has 0 bridgehead atoms. The van der Waals surface area contributed by atoms with Gasteiger partial charge < -0.3 is 4.74 Å². The summed E-state index contributed by atoms with van der Waals surface area (Å²) in [5, 5.41) is 0.567. The fourth-order valence-electron chi connectivity index (χ4n) is 2.40. The molecule has 3 rings (SSSR count). The summed E-state index contributed by atoms with van der Waals surface area (Å²) in [6.45, 7) is -0.163. The number of esters is 1. The van der Waals surface area contributed by atoms with Crippen molar-refractivity contribution in [3.63, 3.8) is 0 Å². The van der Waals surface area contributed by atoms with E-state index in [1.54, 1.807) is 30.3 Å². The number of benzene rings is 2. The molecule has 1 aliphatic rings. The molecular formula is C17H11Cl2NO4. The van der Waals surface area contributed by atoms with Gasteiger partial charge in [0.05, 0.1) is 28.3 Å². The van der Waals surface area contributed by atoms with Crippen LogP contribution in [0.25, 0.3) is 0 Å². The number of rotatable bonds is 4. The summed E-state index contributed by atoms with van der Waals surface area (Å²) in [6.07, 6.45) is 0. The third kappa shape index (κ3) is 3.00. The average Bonchev–Trinajstić information content (AvgIpc) is 2.82. The topological polar surface area (TPSA) is 63.7 Å². The van der Waals surface area contributed by atoms with Gasteiger partial charge in [0.15, 0.2) is 0 Å². The molecular weight excluding hydrogens is 353 g/mol. The minimum absolute atomic E-state index is 0.0315. The number of halogens is 2. The molecule has 2 aromatic rings. The smallest absolute Gasteiger partial charge is 0.339 e. The van der Waals surface area contributed by atoms with E-state index in [1.165, 1.54) is 12.1 Å². The number of imide groups is 1. The summed E-state index contributed by atoms with van der Waals surface area (Å²) in [6, 6.07) is 11.0. The molecule has 0 N–H and O–H groups in total. The summed E-state index contributed by atoms with van der Waals surface area (Å²) in [5.74, 6) is -1.46. The molecule has 2 amide bonds. The van der Waals surface area contributed by atoms with Crippen molar-refractivity contribution in [3.05, 3.63) is 69.2 Å². The van der Waals surface area contributed by atoms with Crippen LogP contribution in [0.5, 0.6) is 0 Å². The molecule has 2 aromatic carbocycles. The summed E-state index contributed by atoms with van der Waals surface area (Å²) in [7, 11) is 0. The van der Waals surface area contributed by atoms with E-state index < -0.39 is 17.8 Å². The first-order valence-corrected chi connectivity index (χ1v) is 7.82. The monoisotopic (exact) mass is 363 g/mol. The number of hydrogen-bond acceptors (Lipinski definition) is 4. The van der Waals surface area contributed by atoms with Gasteiger partial charge in [0.25, 0.3) is 11.8 Å². The van der Waals surface area contributed by atoms with Crippen LogP contribution in [0.15, 0.2) is 42.5 Å². The zero-order chi connectivity index (χ0) is 17.3. The lowest BCUT2D eigenvalue weighted by atomic mass is 10.1. The van der Waals surface area contributed by atoms with Crippen LogP contribution in [0.3, 0.4) is 0 Å². The van der Waals surface area contributed by atoms with Gasteiger partial charge in [0.1, 0.15) is 6.61 Å². The Bertz CT molecular complexity index is 815. The minimum Gasteiger partial charge on any atom is -0.460 e. The number of ether oxygens (including phenoxy) is 1. The van der Waals surface area contributed by atoms with E-state index in [0.29, 0.717) is 16.1 Å². The number of carbonyl (C=O) groups excluding carboxylic acids is 3. The normalized spacial score (nSPS) is 13.2. The summed E-state index contributed by atoms with van der Waals surface area (Å²) in [5.41, 5.74) is 0.838. The Labute approximate surface area is 147 Å². The second kappa shape index (κ2) is 6.63. The zero-order valence-corrected chi connectivity index (χ0v) is 13.8. The summed E-state index contributed by atoms with van der Waals surface area (Å²) < 4.78 is 5.09. The van der Waals surface area contributed by atoms with Crippen LogP contribution in [0, 0.1) is 0 Å². The van der Waals surface area contributed by atoms with E-state index in [2.05, 4.69) is 0 Å². The molecule has 0 unspecified atom stereocenters. The van der Waals surface area contributed by atoms with Crippen molar-refractivity contribution in [1.82, 2.24) is 4.90 Å². The van der Waals surface area contributed by atoms with Crippen LogP contribution in [0.1, 0.15) is 31.1 Å². The first-order valence-electron chi connectivity index (χ1n) is 7.06. The van der Waals surface area contributed by atoms with Gasteiger partial charge in [-0.25, -0.2) is 4.79 Å². The maximum Gasteiger partial charge on any atom is 0.339 e. The van der Waals surface area contributed by atoms with Gasteiger partial charge >= 0.3 is 5.97 Å². The van der Waals surface area contributed by atoms with Gasteiger partial charge in [-0.2, -0.15) is 0 Å².